The number of guanidine groups is 1. The summed E-state index contributed by atoms with van der Waals surface area (Å²) in [7, 11) is 5.54. The van der Waals surface area contributed by atoms with Gasteiger partial charge in [-0.3, -0.25) is 14.7 Å². The van der Waals surface area contributed by atoms with Crippen molar-refractivity contribution >= 4 is 11.9 Å². The first-order chi connectivity index (χ1) is 13.1. The summed E-state index contributed by atoms with van der Waals surface area (Å²) in [5.74, 6) is 1.10. The average Bonchev–Trinajstić information content (AvgIpc) is 3.18. The van der Waals surface area contributed by atoms with Crippen LogP contribution in [0.5, 0.6) is 0 Å². The second-order valence-corrected chi connectivity index (χ2v) is 8.43. The maximum atomic E-state index is 11.7. The number of carbonyl (C=O) groups is 1. The summed E-state index contributed by atoms with van der Waals surface area (Å²) in [6.07, 6.45) is 9.32. The van der Waals surface area contributed by atoms with Gasteiger partial charge in [-0.15, -0.1) is 0 Å². The van der Waals surface area contributed by atoms with Crippen LogP contribution in [0.2, 0.25) is 0 Å². The van der Waals surface area contributed by atoms with Gasteiger partial charge < -0.3 is 20.3 Å². The van der Waals surface area contributed by atoms with E-state index in [0.29, 0.717) is 12.5 Å². The number of aliphatic imine (C=N–C) groups is 1. The van der Waals surface area contributed by atoms with E-state index < -0.39 is 0 Å². The maximum absolute atomic E-state index is 11.7. The van der Waals surface area contributed by atoms with E-state index in [0.717, 1.165) is 51.4 Å². The van der Waals surface area contributed by atoms with E-state index in [-0.39, 0.29) is 17.5 Å². The predicted molar refractivity (Wildman–Crippen MR) is 108 cm³/mol. The minimum atomic E-state index is 0.236. The van der Waals surface area contributed by atoms with Crippen LogP contribution in [0.1, 0.15) is 51.4 Å². The molecule has 0 aromatic rings. The average molecular weight is 380 g/mol. The Labute approximate surface area is 163 Å². The first-order valence-corrected chi connectivity index (χ1v) is 10.6. The lowest BCUT2D eigenvalue weighted by atomic mass is 9.91. The van der Waals surface area contributed by atoms with Gasteiger partial charge in [0.15, 0.2) is 5.96 Å². The van der Waals surface area contributed by atoms with Crippen LogP contribution in [0.25, 0.3) is 0 Å². The van der Waals surface area contributed by atoms with Gasteiger partial charge >= 0.3 is 0 Å². The molecule has 154 valence electrons. The Bertz CT molecular complexity index is 524. The van der Waals surface area contributed by atoms with Gasteiger partial charge in [0.1, 0.15) is 0 Å². The van der Waals surface area contributed by atoms with Crippen LogP contribution in [-0.4, -0.2) is 86.7 Å². The number of ether oxygens (including phenoxy) is 1. The van der Waals surface area contributed by atoms with Crippen LogP contribution in [0.15, 0.2) is 4.99 Å². The molecular weight excluding hydrogens is 342 g/mol. The predicted octanol–water partition coefficient (Wildman–Crippen LogP) is 1.20. The maximum Gasteiger partial charge on any atom is 0.222 e. The van der Waals surface area contributed by atoms with Crippen molar-refractivity contribution in [3.63, 3.8) is 0 Å². The van der Waals surface area contributed by atoms with Crippen molar-refractivity contribution < 1.29 is 9.53 Å². The summed E-state index contributed by atoms with van der Waals surface area (Å²) < 4.78 is 5.55. The van der Waals surface area contributed by atoms with Crippen LogP contribution in [0.4, 0.5) is 0 Å². The molecule has 3 aliphatic rings. The zero-order valence-electron chi connectivity index (χ0n) is 17.3. The lowest BCUT2D eigenvalue weighted by Gasteiger charge is -2.45. The number of methoxy groups -OCH3 is 1. The highest BCUT2D eigenvalue weighted by Gasteiger charge is 2.41. The fourth-order valence-electron chi connectivity index (χ4n) is 4.97. The van der Waals surface area contributed by atoms with Gasteiger partial charge in [0.2, 0.25) is 5.91 Å². The largest absolute Gasteiger partial charge is 0.381 e. The summed E-state index contributed by atoms with van der Waals surface area (Å²) in [6.45, 7) is 3.94. The zero-order valence-corrected chi connectivity index (χ0v) is 17.3. The van der Waals surface area contributed by atoms with Crippen LogP contribution < -0.4 is 10.6 Å². The highest BCUT2D eigenvalue weighted by Crippen LogP contribution is 2.36. The molecule has 7 heteroatoms. The molecule has 3 fully saturated rings. The molecular formula is C20H37N5O2. The third-order valence-electron chi connectivity index (χ3n) is 6.76. The number of nitrogens with one attached hydrogen (secondary N) is 2. The molecule has 1 aliphatic carbocycles. The van der Waals surface area contributed by atoms with E-state index in [1.807, 2.05) is 26.1 Å². The van der Waals surface area contributed by atoms with Gasteiger partial charge in [0.05, 0.1) is 6.10 Å². The molecule has 2 aliphatic heterocycles. The highest BCUT2D eigenvalue weighted by atomic mass is 16.5. The molecule has 0 spiro atoms. The summed E-state index contributed by atoms with van der Waals surface area (Å²) in [5, 5.41) is 7.13. The number of hydrogen-bond acceptors (Lipinski definition) is 4. The van der Waals surface area contributed by atoms with E-state index >= 15 is 0 Å². The van der Waals surface area contributed by atoms with E-state index in [9.17, 15) is 4.79 Å². The Morgan fingerprint density at radius 3 is 2.56 bits per heavy atom. The first kappa shape index (κ1) is 20.4. The summed E-state index contributed by atoms with van der Waals surface area (Å²) in [6, 6.07) is 0.274. The van der Waals surface area contributed by atoms with E-state index in [4.69, 9.17) is 4.74 Å². The third kappa shape index (κ3) is 4.93. The molecule has 0 radical (unpaired) electrons. The number of amides is 1. The molecule has 0 aromatic carbocycles. The molecule has 0 bridgehead atoms. The third-order valence-corrected chi connectivity index (χ3v) is 6.76. The van der Waals surface area contributed by atoms with Crippen molar-refractivity contribution in [1.29, 1.82) is 0 Å². The molecule has 1 atom stereocenters. The Morgan fingerprint density at radius 2 is 1.96 bits per heavy atom. The summed E-state index contributed by atoms with van der Waals surface area (Å²) in [4.78, 5) is 20.6. The zero-order chi connectivity index (χ0) is 19.3. The highest BCUT2D eigenvalue weighted by molar-refractivity contribution is 5.81. The SMILES string of the molecule is CN=C(NCC1(N2CCC(OC)CC2)CCCC1)NC1CCC(=O)N(C)C1. The van der Waals surface area contributed by atoms with Gasteiger partial charge in [0.25, 0.3) is 0 Å². The van der Waals surface area contributed by atoms with Crippen molar-refractivity contribution in [2.24, 2.45) is 4.99 Å². The minimum absolute atomic E-state index is 0.236. The number of carbonyl (C=O) groups excluding carboxylic acids is 1. The topological polar surface area (TPSA) is 69.2 Å². The molecule has 2 saturated heterocycles. The molecule has 1 saturated carbocycles. The molecule has 7 nitrogen and oxygen atoms in total. The quantitative estimate of drug-likeness (QED) is 0.555. The fourth-order valence-corrected chi connectivity index (χ4v) is 4.97. The molecule has 2 heterocycles. The molecule has 0 aromatic heterocycles. The Hall–Kier alpha value is -1.34. The van der Waals surface area contributed by atoms with Crippen molar-refractivity contribution in [2.75, 3.05) is 47.4 Å². The number of nitrogens with zero attached hydrogens (tertiary/aromatic N) is 3. The van der Waals surface area contributed by atoms with Crippen molar-refractivity contribution in [3.8, 4) is 0 Å². The molecule has 27 heavy (non-hydrogen) atoms. The van der Waals surface area contributed by atoms with Crippen LogP contribution in [-0.2, 0) is 9.53 Å². The van der Waals surface area contributed by atoms with Crippen molar-refractivity contribution in [1.82, 2.24) is 20.4 Å². The Morgan fingerprint density at radius 1 is 1.26 bits per heavy atom. The molecule has 3 rings (SSSR count). The van der Waals surface area contributed by atoms with Crippen LogP contribution >= 0.6 is 0 Å². The van der Waals surface area contributed by atoms with Crippen molar-refractivity contribution in [2.45, 2.75) is 69.1 Å². The Balaban J connectivity index is 1.54. The second-order valence-electron chi connectivity index (χ2n) is 8.43. The van der Waals surface area contributed by atoms with E-state index in [1.54, 1.807) is 0 Å². The van der Waals surface area contributed by atoms with Gasteiger partial charge in [-0.1, -0.05) is 12.8 Å². The number of piperidine rings is 2. The van der Waals surface area contributed by atoms with Crippen molar-refractivity contribution in [3.05, 3.63) is 0 Å². The number of rotatable bonds is 5. The molecule has 2 N–H and O–H groups in total. The number of likely N-dealkylation sites (tertiary alicyclic amines) is 2. The van der Waals surface area contributed by atoms with E-state index in [1.165, 1.54) is 25.7 Å². The van der Waals surface area contributed by atoms with Crippen LogP contribution in [0.3, 0.4) is 0 Å². The normalized spacial score (nSPS) is 27.8. The van der Waals surface area contributed by atoms with Crippen LogP contribution in [0, 0.1) is 0 Å². The summed E-state index contributed by atoms with van der Waals surface area (Å²) >= 11 is 0. The lowest BCUT2D eigenvalue weighted by molar-refractivity contribution is -0.132. The van der Waals surface area contributed by atoms with Gasteiger partial charge in [-0.05, 0) is 32.1 Å². The smallest absolute Gasteiger partial charge is 0.222 e. The standard InChI is InChI=1S/C20H37N5O2/c1-21-19(23-16-6-7-18(26)24(2)14-16)22-15-20(10-4-5-11-20)25-12-8-17(27-3)9-13-25/h16-17H,4-15H2,1-3H3,(H2,21,22,23). The number of likely N-dealkylation sites (N-methyl/N-ethyl adjacent to an activating group) is 1. The Kier molecular flexibility index (Phi) is 6.98. The second kappa shape index (κ2) is 9.24. The van der Waals surface area contributed by atoms with Gasteiger partial charge in [-0.2, -0.15) is 0 Å². The monoisotopic (exact) mass is 379 g/mol. The summed E-state index contributed by atoms with van der Waals surface area (Å²) in [5.41, 5.74) is 0.246. The first-order valence-electron chi connectivity index (χ1n) is 10.6. The lowest BCUT2D eigenvalue weighted by Crippen LogP contribution is -2.59. The molecule has 1 unspecified atom stereocenters. The van der Waals surface area contributed by atoms with Gasteiger partial charge in [0, 0.05) is 65.4 Å². The fraction of sp³-hybridized carbons (Fsp3) is 0.900. The molecule has 1 amide bonds. The number of hydrogen-bond donors (Lipinski definition) is 2. The minimum Gasteiger partial charge on any atom is -0.381 e. The van der Waals surface area contributed by atoms with Gasteiger partial charge in [-0.25, -0.2) is 0 Å². The van der Waals surface area contributed by atoms with E-state index in [2.05, 4.69) is 20.5 Å².